The fourth-order valence-corrected chi connectivity index (χ4v) is 4.83. The number of nitrogens with zero attached hydrogens (tertiary/aromatic N) is 5. The van der Waals surface area contributed by atoms with Crippen molar-refractivity contribution in [1.29, 1.82) is 0 Å². The van der Waals surface area contributed by atoms with E-state index in [1.807, 2.05) is 18.7 Å². The molecule has 1 amide bonds. The van der Waals surface area contributed by atoms with Gasteiger partial charge in [0.2, 0.25) is 0 Å². The number of hydrogen-bond donors (Lipinski definition) is 0. The summed E-state index contributed by atoms with van der Waals surface area (Å²) in [4.78, 5) is 21.9. The number of benzene rings is 1. The normalized spacial score (nSPS) is 10.8. The molecule has 0 aliphatic heterocycles. The van der Waals surface area contributed by atoms with Gasteiger partial charge in [0.05, 0.1) is 15.7 Å². The second kappa shape index (κ2) is 10.5. The summed E-state index contributed by atoms with van der Waals surface area (Å²) >= 11 is 28.2. The van der Waals surface area contributed by atoms with E-state index in [1.165, 1.54) is 9.58 Å². The molecule has 3 aromatic rings. The van der Waals surface area contributed by atoms with Gasteiger partial charge in [0.1, 0.15) is 15.3 Å². The molecule has 0 saturated heterocycles. The van der Waals surface area contributed by atoms with Gasteiger partial charge in [0.25, 0.3) is 5.91 Å². The fourth-order valence-electron chi connectivity index (χ4n) is 3.22. The Kier molecular flexibility index (Phi) is 8.16. The molecule has 0 radical (unpaired) electrons. The smallest absolute Gasteiger partial charge is 0.276 e. The topological polar surface area (TPSA) is 54.3 Å². The number of amides is 1. The molecule has 1 aromatic carbocycles. The maximum absolute atomic E-state index is 13.6. The van der Waals surface area contributed by atoms with Crippen molar-refractivity contribution >= 4 is 79.5 Å². The van der Waals surface area contributed by atoms with Crippen molar-refractivity contribution in [3.05, 3.63) is 67.5 Å². The highest BCUT2D eigenvalue weighted by Gasteiger charge is 2.27. The van der Waals surface area contributed by atoms with Gasteiger partial charge in [0, 0.05) is 43.0 Å². The molecule has 0 fully saturated rings. The maximum Gasteiger partial charge on any atom is 0.276 e. The monoisotopic (exact) mass is 573 g/mol. The van der Waals surface area contributed by atoms with E-state index in [0.717, 1.165) is 0 Å². The van der Waals surface area contributed by atoms with Gasteiger partial charge in [-0.1, -0.05) is 47.0 Å². The number of carbonyl (C=O) groups excluding carboxylic acids is 1. The van der Waals surface area contributed by atoms with Crippen LogP contribution in [0.2, 0.25) is 15.1 Å². The van der Waals surface area contributed by atoms with Crippen LogP contribution in [0.4, 0.5) is 5.69 Å². The number of halogens is 4. The largest absolute Gasteiger partial charge is 0.363 e. The van der Waals surface area contributed by atoms with Gasteiger partial charge >= 0.3 is 0 Å². The van der Waals surface area contributed by atoms with Gasteiger partial charge in [-0.05, 0) is 54.0 Å². The summed E-state index contributed by atoms with van der Waals surface area (Å²) in [6.45, 7) is 5.41. The lowest BCUT2D eigenvalue weighted by Crippen LogP contribution is -2.34. The Hall–Kier alpha value is -1.71. The van der Waals surface area contributed by atoms with Gasteiger partial charge in [-0.3, -0.25) is 4.79 Å². The van der Waals surface area contributed by atoms with Crippen LogP contribution in [0, 0.1) is 0 Å². The van der Waals surface area contributed by atoms with Crippen LogP contribution in [0.5, 0.6) is 0 Å². The average molecular weight is 576 g/mol. The molecule has 0 spiro atoms. The van der Waals surface area contributed by atoms with Crippen molar-refractivity contribution in [2.45, 2.75) is 13.8 Å². The van der Waals surface area contributed by atoms with Crippen LogP contribution in [0.1, 0.15) is 29.9 Å². The lowest BCUT2D eigenvalue weighted by atomic mass is 10.1. The molecule has 0 atom stereocenters. The van der Waals surface area contributed by atoms with Crippen molar-refractivity contribution in [2.24, 2.45) is 0 Å². The Morgan fingerprint density at radius 3 is 2.47 bits per heavy atom. The minimum absolute atomic E-state index is 0.241. The predicted octanol–water partition coefficient (Wildman–Crippen LogP) is 6.28. The van der Waals surface area contributed by atoms with Gasteiger partial charge < -0.3 is 9.80 Å². The van der Waals surface area contributed by atoms with Crippen molar-refractivity contribution < 1.29 is 4.79 Å². The van der Waals surface area contributed by atoms with Crippen molar-refractivity contribution in [3.8, 4) is 5.82 Å². The van der Waals surface area contributed by atoms with Gasteiger partial charge in [-0.2, -0.15) is 5.10 Å². The van der Waals surface area contributed by atoms with E-state index in [0.29, 0.717) is 54.8 Å². The van der Waals surface area contributed by atoms with Crippen molar-refractivity contribution in [2.75, 3.05) is 25.0 Å². The molecule has 0 bridgehead atoms. The standard InChI is InChI=1S/C21H19BrCl3N5OS/c1-4-29(5-2)21(32)13-9-12(23)10-15(25)18(13)28(3)20(31)16-11-17(22)27-30(16)19-14(24)7-6-8-26-19/h6-11H,4-5H2,1-3H3. The zero-order valence-corrected chi connectivity index (χ0v) is 22.1. The third-order valence-electron chi connectivity index (χ3n) is 4.79. The first-order valence-electron chi connectivity index (χ1n) is 9.62. The molecule has 0 N–H and O–H groups in total. The number of aromatic nitrogens is 3. The minimum Gasteiger partial charge on any atom is -0.363 e. The summed E-state index contributed by atoms with van der Waals surface area (Å²) in [5.74, 6) is -0.0459. The number of rotatable bonds is 6. The second-order valence-corrected chi connectivity index (χ2v) is 9.15. The molecule has 2 heterocycles. The van der Waals surface area contributed by atoms with E-state index in [-0.39, 0.29) is 11.6 Å². The minimum atomic E-state index is -0.377. The Bertz CT molecular complexity index is 1180. The quantitative estimate of drug-likeness (QED) is 0.324. The highest BCUT2D eigenvalue weighted by atomic mass is 79.9. The van der Waals surface area contributed by atoms with Crippen LogP contribution >= 0.6 is 63.0 Å². The van der Waals surface area contributed by atoms with Crippen LogP contribution in [0.25, 0.3) is 5.82 Å². The SMILES string of the molecule is CCN(CC)C(=S)c1cc(Cl)cc(Cl)c1N(C)C(=O)c1cc(Br)nn1-c1ncccc1Cl. The summed E-state index contributed by atoms with van der Waals surface area (Å²) < 4.78 is 1.84. The number of hydrogen-bond acceptors (Lipinski definition) is 4. The number of thiocarbonyl (C=S) groups is 1. The lowest BCUT2D eigenvalue weighted by molar-refractivity contribution is 0.0985. The van der Waals surface area contributed by atoms with E-state index in [1.54, 1.807) is 43.6 Å². The van der Waals surface area contributed by atoms with Crippen LogP contribution in [0.15, 0.2) is 41.1 Å². The van der Waals surface area contributed by atoms with Crippen molar-refractivity contribution in [1.82, 2.24) is 19.7 Å². The third kappa shape index (κ3) is 4.94. The molecule has 11 heteroatoms. The fraction of sp³-hybridized carbons (Fsp3) is 0.238. The highest BCUT2D eigenvalue weighted by molar-refractivity contribution is 9.10. The highest BCUT2D eigenvalue weighted by Crippen LogP contribution is 2.35. The summed E-state index contributed by atoms with van der Waals surface area (Å²) in [6.07, 6.45) is 1.57. The number of anilines is 1. The maximum atomic E-state index is 13.6. The molecule has 0 aliphatic carbocycles. The summed E-state index contributed by atoms with van der Waals surface area (Å²) in [5.41, 5.74) is 1.29. The molecular weight excluding hydrogens is 557 g/mol. The molecule has 0 aliphatic rings. The zero-order chi connectivity index (χ0) is 23.6. The van der Waals surface area contributed by atoms with Crippen molar-refractivity contribution in [3.63, 3.8) is 0 Å². The first kappa shape index (κ1) is 24.9. The molecule has 0 unspecified atom stereocenters. The predicted molar refractivity (Wildman–Crippen MR) is 138 cm³/mol. The number of pyridine rings is 1. The van der Waals surface area contributed by atoms with Crippen LogP contribution in [-0.2, 0) is 0 Å². The van der Waals surface area contributed by atoms with Gasteiger partial charge in [0.15, 0.2) is 5.82 Å². The summed E-state index contributed by atoms with van der Waals surface area (Å²) in [6, 6.07) is 8.27. The van der Waals surface area contributed by atoms with Crippen LogP contribution < -0.4 is 4.90 Å². The summed E-state index contributed by atoms with van der Waals surface area (Å²) in [5, 5.41) is 5.43. The lowest BCUT2D eigenvalue weighted by Gasteiger charge is -2.27. The molecule has 3 rings (SSSR count). The van der Waals surface area contributed by atoms with Gasteiger partial charge in [-0.15, -0.1) is 0 Å². The van der Waals surface area contributed by atoms with E-state index < -0.39 is 0 Å². The Balaban J connectivity index is 2.12. The second-order valence-electron chi connectivity index (χ2n) is 6.70. The molecule has 168 valence electrons. The van der Waals surface area contributed by atoms with E-state index in [9.17, 15) is 4.79 Å². The third-order valence-corrected chi connectivity index (χ3v) is 6.45. The van der Waals surface area contributed by atoms with Crippen LogP contribution in [-0.4, -0.2) is 50.7 Å². The molecule has 32 heavy (non-hydrogen) atoms. The molecule has 2 aromatic heterocycles. The van der Waals surface area contributed by atoms with E-state index >= 15 is 0 Å². The Morgan fingerprint density at radius 1 is 1.16 bits per heavy atom. The van der Waals surface area contributed by atoms with E-state index in [4.69, 9.17) is 47.0 Å². The average Bonchev–Trinajstić information content (AvgIpc) is 3.14. The zero-order valence-electron chi connectivity index (χ0n) is 17.4. The Labute approximate surface area is 215 Å². The molecular formula is C21H19BrCl3N5OS. The van der Waals surface area contributed by atoms with Gasteiger partial charge in [-0.25, -0.2) is 9.67 Å². The first-order chi connectivity index (χ1) is 15.2. The first-order valence-corrected chi connectivity index (χ1v) is 12.0. The van der Waals surface area contributed by atoms with E-state index in [2.05, 4.69) is 26.0 Å². The van der Waals surface area contributed by atoms with Crippen LogP contribution in [0.3, 0.4) is 0 Å². The Morgan fingerprint density at radius 2 is 1.84 bits per heavy atom. The summed E-state index contributed by atoms with van der Waals surface area (Å²) in [7, 11) is 1.62. The molecule has 0 saturated carbocycles. The molecule has 6 nitrogen and oxygen atoms in total. The number of carbonyl (C=O) groups is 1.